The van der Waals surface area contributed by atoms with Gasteiger partial charge in [0.1, 0.15) is 5.75 Å². The van der Waals surface area contributed by atoms with Crippen molar-refractivity contribution in [3.63, 3.8) is 0 Å². The fourth-order valence-electron chi connectivity index (χ4n) is 2.12. The molecule has 0 saturated carbocycles. The van der Waals surface area contributed by atoms with E-state index in [0.29, 0.717) is 5.88 Å². The van der Waals surface area contributed by atoms with Gasteiger partial charge in [0.2, 0.25) is 0 Å². The lowest BCUT2D eigenvalue weighted by atomic mass is 9.91. The molecular formula is C13H17ClO. The van der Waals surface area contributed by atoms with E-state index in [4.69, 9.17) is 16.3 Å². The van der Waals surface area contributed by atoms with Crippen molar-refractivity contribution in [2.75, 3.05) is 12.5 Å². The molecule has 1 aromatic rings. The van der Waals surface area contributed by atoms with Gasteiger partial charge in [0.05, 0.1) is 6.61 Å². The van der Waals surface area contributed by atoms with Crippen LogP contribution in [0.15, 0.2) is 18.2 Å². The Kier molecular flexibility index (Phi) is 3.90. The molecule has 2 rings (SSSR count). The molecule has 0 bridgehead atoms. The molecule has 0 spiro atoms. The lowest BCUT2D eigenvalue weighted by Gasteiger charge is -2.19. The lowest BCUT2D eigenvalue weighted by molar-refractivity contribution is 0.313. The zero-order valence-corrected chi connectivity index (χ0v) is 9.72. The Bertz CT molecular complexity index is 322. The fraction of sp³-hybridized carbons (Fsp3) is 0.538. The molecular weight excluding hydrogens is 208 g/mol. The van der Waals surface area contributed by atoms with Gasteiger partial charge in [0, 0.05) is 5.88 Å². The summed E-state index contributed by atoms with van der Waals surface area (Å²) in [5.41, 5.74) is 2.91. The van der Waals surface area contributed by atoms with Crippen molar-refractivity contribution in [1.29, 1.82) is 0 Å². The summed E-state index contributed by atoms with van der Waals surface area (Å²) in [6.07, 6.45) is 5.92. The molecule has 82 valence electrons. The van der Waals surface area contributed by atoms with Gasteiger partial charge in [-0.1, -0.05) is 12.1 Å². The van der Waals surface area contributed by atoms with Crippen LogP contribution >= 0.6 is 11.6 Å². The van der Waals surface area contributed by atoms with Crippen LogP contribution in [-0.4, -0.2) is 12.5 Å². The molecule has 1 aliphatic carbocycles. The summed E-state index contributed by atoms with van der Waals surface area (Å²) < 4.78 is 5.76. The number of hydrogen-bond donors (Lipinski definition) is 0. The third-order valence-corrected chi connectivity index (χ3v) is 3.16. The number of ether oxygens (including phenoxy) is 1. The molecule has 0 aromatic heterocycles. The number of fused-ring (bicyclic) bond motifs is 1. The molecule has 0 heterocycles. The predicted octanol–water partition coefficient (Wildman–Crippen LogP) is 3.57. The summed E-state index contributed by atoms with van der Waals surface area (Å²) in [5, 5.41) is 0. The second kappa shape index (κ2) is 5.41. The van der Waals surface area contributed by atoms with Crippen LogP contribution in [0.4, 0.5) is 0 Å². The van der Waals surface area contributed by atoms with Crippen LogP contribution < -0.4 is 4.74 Å². The summed E-state index contributed by atoms with van der Waals surface area (Å²) in [5.74, 6) is 1.76. The minimum absolute atomic E-state index is 0.676. The van der Waals surface area contributed by atoms with E-state index in [2.05, 4.69) is 18.2 Å². The first-order valence-corrected chi connectivity index (χ1v) is 6.25. The maximum atomic E-state index is 5.76. The zero-order chi connectivity index (χ0) is 10.5. The Morgan fingerprint density at radius 1 is 1.20 bits per heavy atom. The summed E-state index contributed by atoms with van der Waals surface area (Å²) in [6, 6.07) is 6.40. The van der Waals surface area contributed by atoms with Crippen LogP contribution in [0.25, 0.3) is 0 Å². The van der Waals surface area contributed by atoms with Crippen molar-refractivity contribution in [3.8, 4) is 5.75 Å². The van der Waals surface area contributed by atoms with Gasteiger partial charge in [-0.05, 0) is 49.3 Å². The van der Waals surface area contributed by atoms with Crippen molar-refractivity contribution in [1.82, 2.24) is 0 Å². The van der Waals surface area contributed by atoms with Crippen LogP contribution in [0, 0.1) is 0 Å². The Labute approximate surface area is 96.4 Å². The van der Waals surface area contributed by atoms with Gasteiger partial charge in [-0.2, -0.15) is 0 Å². The quantitative estimate of drug-likeness (QED) is 0.561. The van der Waals surface area contributed by atoms with Crippen LogP contribution in [0.5, 0.6) is 5.75 Å². The molecule has 0 radical (unpaired) electrons. The molecule has 1 aliphatic rings. The molecule has 0 N–H and O–H groups in total. The number of rotatable bonds is 4. The van der Waals surface area contributed by atoms with Gasteiger partial charge in [0.25, 0.3) is 0 Å². The number of halogens is 1. The first kappa shape index (κ1) is 10.8. The molecule has 0 fully saturated rings. The monoisotopic (exact) mass is 224 g/mol. The van der Waals surface area contributed by atoms with Gasteiger partial charge >= 0.3 is 0 Å². The summed E-state index contributed by atoms with van der Waals surface area (Å²) in [7, 11) is 0. The molecule has 1 nitrogen and oxygen atoms in total. The van der Waals surface area contributed by atoms with Crippen molar-refractivity contribution >= 4 is 11.6 Å². The third kappa shape index (κ3) is 2.66. The first-order chi connectivity index (χ1) is 7.42. The second-order valence-electron chi connectivity index (χ2n) is 3.99. The maximum Gasteiger partial charge on any atom is 0.122 e. The third-order valence-electron chi connectivity index (χ3n) is 2.89. The summed E-state index contributed by atoms with van der Waals surface area (Å²) in [4.78, 5) is 0. The maximum absolute atomic E-state index is 5.76. The van der Waals surface area contributed by atoms with E-state index in [1.165, 1.54) is 36.8 Å². The predicted molar refractivity (Wildman–Crippen MR) is 63.9 cm³/mol. The Morgan fingerprint density at radius 2 is 2.07 bits per heavy atom. The SMILES string of the molecule is ClCCCOc1cccc2c1CCCC2. The second-order valence-corrected chi connectivity index (χ2v) is 4.37. The first-order valence-electron chi connectivity index (χ1n) is 5.71. The topological polar surface area (TPSA) is 9.23 Å². The number of alkyl halides is 1. The highest BCUT2D eigenvalue weighted by molar-refractivity contribution is 6.17. The normalized spacial score (nSPS) is 14.7. The highest BCUT2D eigenvalue weighted by atomic mass is 35.5. The molecule has 0 saturated heterocycles. The summed E-state index contributed by atoms with van der Waals surface area (Å²) >= 11 is 5.63. The van der Waals surface area contributed by atoms with Crippen molar-refractivity contribution in [3.05, 3.63) is 29.3 Å². The average Bonchev–Trinajstić information content (AvgIpc) is 2.30. The van der Waals surface area contributed by atoms with Gasteiger partial charge < -0.3 is 4.74 Å². The number of hydrogen-bond acceptors (Lipinski definition) is 1. The molecule has 0 atom stereocenters. The largest absolute Gasteiger partial charge is 0.493 e. The number of benzene rings is 1. The molecule has 0 aliphatic heterocycles. The van der Waals surface area contributed by atoms with E-state index < -0.39 is 0 Å². The van der Waals surface area contributed by atoms with Crippen LogP contribution in [0.1, 0.15) is 30.4 Å². The van der Waals surface area contributed by atoms with Gasteiger partial charge in [0.15, 0.2) is 0 Å². The smallest absolute Gasteiger partial charge is 0.122 e. The van der Waals surface area contributed by atoms with E-state index in [1.807, 2.05) is 0 Å². The molecule has 15 heavy (non-hydrogen) atoms. The van der Waals surface area contributed by atoms with Crippen molar-refractivity contribution in [2.45, 2.75) is 32.1 Å². The van der Waals surface area contributed by atoms with Gasteiger partial charge in [-0.3, -0.25) is 0 Å². The van der Waals surface area contributed by atoms with E-state index in [0.717, 1.165) is 18.8 Å². The highest BCUT2D eigenvalue weighted by Gasteiger charge is 2.13. The molecule has 2 heteroatoms. The van der Waals surface area contributed by atoms with Crippen LogP contribution in [-0.2, 0) is 12.8 Å². The lowest BCUT2D eigenvalue weighted by Crippen LogP contribution is -2.07. The van der Waals surface area contributed by atoms with Gasteiger partial charge in [-0.25, -0.2) is 0 Å². The summed E-state index contributed by atoms with van der Waals surface area (Å²) in [6.45, 7) is 0.736. The highest BCUT2D eigenvalue weighted by Crippen LogP contribution is 2.29. The molecule has 1 aromatic carbocycles. The standard InChI is InChI=1S/C13H17ClO/c14-9-4-10-15-13-8-3-6-11-5-1-2-7-12(11)13/h3,6,8H,1-2,4-5,7,9-10H2. The Hall–Kier alpha value is -0.690. The fourth-order valence-corrected chi connectivity index (χ4v) is 2.23. The van der Waals surface area contributed by atoms with E-state index in [9.17, 15) is 0 Å². The Balaban J connectivity index is 2.09. The van der Waals surface area contributed by atoms with Crippen molar-refractivity contribution < 1.29 is 4.74 Å². The average molecular weight is 225 g/mol. The minimum Gasteiger partial charge on any atom is -0.493 e. The van der Waals surface area contributed by atoms with E-state index in [-0.39, 0.29) is 0 Å². The molecule has 0 amide bonds. The van der Waals surface area contributed by atoms with Crippen molar-refractivity contribution in [2.24, 2.45) is 0 Å². The van der Waals surface area contributed by atoms with E-state index >= 15 is 0 Å². The van der Waals surface area contributed by atoms with Crippen LogP contribution in [0.2, 0.25) is 0 Å². The van der Waals surface area contributed by atoms with Gasteiger partial charge in [-0.15, -0.1) is 11.6 Å². The Morgan fingerprint density at radius 3 is 2.93 bits per heavy atom. The number of aryl methyl sites for hydroxylation is 1. The minimum atomic E-state index is 0.676. The molecule has 0 unspecified atom stereocenters. The van der Waals surface area contributed by atoms with Crippen LogP contribution in [0.3, 0.4) is 0 Å². The zero-order valence-electron chi connectivity index (χ0n) is 8.97. The van der Waals surface area contributed by atoms with E-state index in [1.54, 1.807) is 0 Å².